The normalized spacial score (nSPS) is 17.2. The summed E-state index contributed by atoms with van der Waals surface area (Å²) in [5.41, 5.74) is 10.7. The zero-order valence-corrected chi connectivity index (χ0v) is 56.1. The van der Waals surface area contributed by atoms with Crippen LogP contribution in [0.25, 0.3) is 0 Å². The molecule has 0 unspecified atom stereocenters. The molecule has 2 amide bonds. The lowest BCUT2D eigenvalue weighted by molar-refractivity contribution is -0.129. The summed E-state index contributed by atoms with van der Waals surface area (Å²) in [6.45, 7) is 45.2. The lowest BCUT2D eigenvalue weighted by Crippen LogP contribution is -2.38. The van der Waals surface area contributed by atoms with Crippen molar-refractivity contribution in [2.24, 2.45) is 16.2 Å². The van der Waals surface area contributed by atoms with Gasteiger partial charge in [-0.1, -0.05) is 175 Å². The number of aryl methyl sites for hydroxylation is 2. The molecule has 6 aliphatic rings. The van der Waals surface area contributed by atoms with Gasteiger partial charge in [-0.05, 0) is 96.0 Å². The van der Waals surface area contributed by atoms with Crippen molar-refractivity contribution in [2.45, 2.75) is 257 Å². The molecule has 0 spiro atoms. The first-order valence-electron chi connectivity index (χ1n) is 30.8. The zero-order valence-electron chi connectivity index (χ0n) is 56.1. The Bertz CT molecular complexity index is 3290. The summed E-state index contributed by atoms with van der Waals surface area (Å²) in [7, 11) is 0. The SMILES string of the molecule is CC(C)(C)C1=CC2=C(CCCC2=O)CC1=O.CC(C)(C)C1=CC=CCC1=O.CC(C)(C)C1=CCC(=O)NC1=O.CC(C)(C)c1c2n([nH]c1=O)CCCC2.CC(C)(C)c1c2n([nH]c1=O)CCCC2.CC(C)(C)c1c[nH][nH]c1=O.CC(C)(C)c1ccn[nH]1. The van der Waals surface area contributed by atoms with E-state index in [4.69, 9.17) is 0 Å². The lowest BCUT2D eigenvalue weighted by atomic mass is 9.74. The van der Waals surface area contributed by atoms with Crippen molar-refractivity contribution in [3.63, 3.8) is 0 Å². The number of allylic oxidation sites excluding steroid dienone is 8. The molecule has 0 bridgehead atoms. The van der Waals surface area contributed by atoms with Crippen LogP contribution in [0.5, 0.6) is 0 Å². The molecule has 3 aliphatic heterocycles. The van der Waals surface area contributed by atoms with Gasteiger partial charge in [-0.2, -0.15) is 5.10 Å². The van der Waals surface area contributed by atoms with Gasteiger partial charge in [0.05, 0.1) is 0 Å². The Balaban J connectivity index is 0.000000217. The Morgan fingerprint density at radius 1 is 0.500 bits per heavy atom. The minimum Gasteiger partial charge on any atom is -0.305 e. The van der Waals surface area contributed by atoms with E-state index in [1.807, 2.05) is 102 Å². The van der Waals surface area contributed by atoms with E-state index in [2.05, 4.69) is 119 Å². The van der Waals surface area contributed by atoms with Gasteiger partial charge in [-0.25, -0.2) is 0 Å². The van der Waals surface area contributed by atoms with Crippen LogP contribution in [0.1, 0.15) is 243 Å². The maximum atomic E-state index is 12.0. The van der Waals surface area contributed by atoms with Crippen LogP contribution in [0.15, 0.2) is 91.1 Å². The second-order valence-corrected chi connectivity index (χ2v) is 30.4. The number of aromatic nitrogens is 8. The molecule has 0 saturated carbocycles. The number of hydrogen-bond acceptors (Lipinski definition) is 9. The van der Waals surface area contributed by atoms with E-state index >= 15 is 0 Å². The molecule has 0 saturated heterocycles. The van der Waals surface area contributed by atoms with Crippen LogP contribution in [-0.4, -0.2) is 69.1 Å². The van der Waals surface area contributed by atoms with Gasteiger partial charge in [0.2, 0.25) is 5.91 Å². The summed E-state index contributed by atoms with van der Waals surface area (Å²) < 4.78 is 4.07. The van der Waals surface area contributed by atoms with Gasteiger partial charge in [0.15, 0.2) is 17.3 Å². The zero-order chi connectivity index (χ0) is 65.1. The topological polar surface area (TPSA) is 250 Å². The Labute approximate surface area is 511 Å². The van der Waals surface area contributed by atoms with Crippen molar-refractivity contribution in [2.75, 3.05) is 0 Å². The standard InChI is InChI=1S/C14H18O2.2C11H18N2O.C10H14O.C9H13NO2.C7H12N2O.C7H12N2/c1-14(2,3)11-8-10-9(7-13(11)16)5-4-6-12(10)15;2*1-11(2,3)9-8-6-4-5-7-13(8)12-10(9)14;1-10(2,3)8-6-4-5-7-9(8)11;1-9(2,3)6-4-5-7(11)10-8(6)12;1-7(2,3)5-4-8-9-6(5)10;1-7(2,3)6-4-5-8-9-6/h8H,4-7H2,1-3H3;2*4-7H2,1-3H3,(H,12,14);4-6H,7H2,1-3H3;4H,5H2,1-3H3,(H,10,11,12);4H,1-3H3,(H2,8,9,10);4-5H,1-3H3,(H,8,9). The number of nitrogens with one attached hydrogen (secondary N) is 6. The largest absolute Gasteiger partial charge is 0.305 e. The smallest absolute Gasteiger partial charge is 0.268 e. The second-order valence-electron chi connectivity index (χ2n) is 30.4. The number of ketones is 3. The number of aromatic amines is 5. The summed E-state index contributed by atoms with van der Waals surface area (Å²) >= 11 is 0. The maximum absolute atomic E-state index is 12.0. The Hall–Kier alpha value is -6.91. The monoisotopic (exact) mass is 1190 g/mol. The number of H-pyrrole nitrogens is 5. The van der Waals surface area contributed by atoms with Gasteiger partial charge in [0, 0.05) is 113 Å². The van der Waals surface area contributed by atoms with Gasteiger partial charge < -0.3 is 5.10 Å². The first kappa shape index (κ1) is 71.6. The van der Waals surface area contributed by atoms with Gasteiger partial charge >= 0.3 is 0 Å². The van der Waals surface area contributed by atoms with E-state index < -0.39 is 0 Å². The summed E-state index contributed by atoms with van der Waals surface area (Å²) in [4.78, 5) is 91.7. The number of carbonyl (C=O) groups is 5. The van der Waals surface area contributed by atoms with Gasteiger partial charge in [-0.3, -0.25) is 73.4 Å². The van der Waals surface area contributed by atoms with Crippen molar-refractivity contribution >= 4 is 29.2 Å². The van der Waals surface area contributed by atoms with Crippen LogP contribution in [0, 0.1) is 16.2 Å². The minimum absolute atomic E-state index is 0.00183. The van der Waals surface area contributed by atoms with Crippen LogP contribution in [0.4, 0.5) is 0 Å². The van der Waals surface area contributed by atoms with E-state index in [1.165, 1.54) is 42.8 Å². The maximum Gasteiger partial charge on any atom is 0.268 e. The Kier molecular flexibility index (Phi) is 23.9. The average molecular weight is 1190 g/mol. The quantitative estimate of drug-likeness (QED) is 0.0915. The van der Waals surface area contributed by atoms with Crippen LogP contribution >= 0.6 is 0 Å². The summed E-state index contributed by atoms with van der Waals surface area (Å²) in [6, 6.07) is 2.00. The Morgan fingerprint density at radius 3 is 1.40 bits per heavy atom. The summed E-state index contributed by atoms with van der Waals surface area (Å²) in [5, 5.41) is 20.1. The number of nitrogens with zero attached hydrogens (tertiary/aromatic N) is 3. The summed E-state index contributed by atoms with van der Waals surface area (Å²) in [5.74, 6) is 0.211. The number of amides is 2. The van der Waals surface area contributed by atoms with Gasteiger partial charge in [0.1, 0.15) is 0 Å². The van der Waals surface area contributed by atoms with E-state index in [9.17, 15) is 38.4 Å². The molecule has 6 N–H and O–H groups in total. The summed E-state index contributed by atoms with van der Waals surface area (Å²) in [6.07, 6.45) is 23.5. The molecule has 10 rings (SSSR count). The predicted molar refractivity (Wildman–Crippen MR) is 345 cm³/mol. The molecule has 4 aromatic heterocycles. The van der Waals surface area contributed by atoms with E-state index in [-0.39, 0.29) is 83.7 Å². The molecule has 4 aromatic rings. The third-order valence-corrected chi connectivity index (χ3v) is 15.5. The number of carbonyl (C=O) groups excluding carboxylic acids is 5. The van der Waals surface area contributed by atoms with Crippen molar-refractivity contribution in [1.82, 2.24) is 45.3 Å². The predicted octanol–water partition coefficient (Wildman–Crippen LogP) is 12.8. The highest BCUT2D eigenvalue weighted by molar-refractivity contribution is 6.09. The van der Waals surface area contributed by atoms with Crippen LogP contribution in [0.2, 0.25) is 0 Å². The van der Waals surface area contributed by atoms with Gasteiger partial charge in [-0.15, -0.1) is 0 Å². The third kappa shape index (κ3) is 20.4. The number of rotatable bonds is 0. The number of hydrogen-bond donors (Lipinski definition) is 6. The number of fused-ring (bicyclic) bond motifs is 2. The molecule has 17 heteroatoms. The molecule has 0 atom stereocenters. The number of imide groups is 1. The fourth-order valence-electron chi connectivity index (χ4n) is 11.0. The van der Waals surface area contributed by atoms with Crippen LogP contribution in [0.3, 0.4) is 0 Å². The molecular weight excluding hydrogens is 1080 g/mol. The van der Waals surface area contributed by atoms with Crippen molar-refractivity contribution < 1.29 is 24.0 Å². The molecule has 0 radical (unpaired) electrons. The first-order valence-corrected chi connectivity index (χ1v) is 30.8. The van der Waals surface area contributed by atoms with Crippen molar-refractivity contribution in [1.29, 1.82) is 0 Å². The molecule has 86 heavy (non-hydrogen) atoms. The fraction of sp³-hybridized carbons (Fsp3) is 0.609. The van der Waals surface area contributed by atoms with Crippen molar-refractivity contribution in [3.8, 4) is 0 Å². The van der Waals surface area contributed by atoms with Crippen molar-refractivity contribution in [3.05, 3.63) is 142 Å². The fourth-order valence-corrected chi connectivity index (χ4v) is 11.0. The second kappa shape index (κ2) is 28.7. The first-order chi connectivity index (χ1) is 39.4. The average Bonchev–Trinajstić information content (AvgIpc) is 1.62. The van der Waals surface area contributed by atoms with Crippen LogP contribution in [-0.2, 0) is 71.6 Å². The van der Waals surface area contributed by atoms with E-state index in [1.54, 1.807) is 18.5 Å². The molecule has 3 aliphatic carbocycles. The third-order valence-electron chi connectivity index (χ3n) is 15.5. The Morgan fingerprint density at radius 2 is 1.02 bits per heavy atom. The highest BCUT2D eigenvalue weighted by Gasteiger charge is 2.33. The molecule has 17 nitrogen and oxygen atoms in total. The molecule has 0 aromatic carbocycles. The highest BCUT2D eigenvalue weighted by atomic mass is 16.2. The molecular formula is C69H105N9O8. The highest BCUT2D eigenvalue weighted by Crippen LogP contribution is 2.38. The number of Topliss-reactive ketones (excluding diaryl/α,β-unsaturated/α-hetero) is 3. The lowest BCUT2D eigenvalue weighted by Gasteiger charge is -2.28. The van der Waals surface area contributed by atoms with E-state index in [0.29, 0.717) is 31.3 Å². The minimum atomic E-state index is -0.251. The van der Waals surface area contributed by atoms with Crippen LogP contribution < -0.4 is 22.0 Å². The molecule has 0 fully saturated rings. The van der Waals surface area contributed by atoms with E-state index in [0.717, 1.165) is 77.8 Å². The van der Waals surface area contributed by atoms with Gasteiger partial charge in [0.25, 0.3) is 22.6 Å². The molecule has 474 valence electrons. The molecule has 7 heterocycles.